The zero-order valence-corrected chi connectivity index (χ0v) is 14.9. The Balaban J connectivity index is 1.64. The SMILES string of the molecule is CN=C(NCC1(c2ccc(Cl)cc2)CCC1)N(C)Cc1ccon1. The maximum Gasteiger partial charge on any atom is 0.193 e. The standard InChI is InChI=1S/C18H23ClN4O/c1-20-17(23(2)12-16-8-11-24-22-16)21-13-18(9-3-10-18)14-4-6-15(19)7-5-14/h4-8,11H,3,9-10,12-13H2,1-2H3,(H,20,21). The normalized spacial score (nSPS) is 16.5. The average molecular weight is 347 g/mol. The first kappa shape index (κ1) is 16.8. The molecule has 0 unspecified atom stereocenters. The van der Waals surface area contributed by atoms with Crippen LogP contribution in [0.3, 0.4) is 0 Å². The molecule has 3 rings (SSSR count). The molecular formula is C18H23ClN4O. The summed E-state index contributed by atoms with van der Waals surface area (Å²) in [6.07, 6.45) is 5.22. The Kier molecular flexibility index (Phi) is 5.09. The van der Waals surface area contributed by atoms with Crippen molar-refractivity contribution >= 4 is 17.6 Å². The topological polar surface area (TPSA) is 53.7 Å². The van der Waals surface area contributed by atoms with Crippen molar-refractivity contribution in [2.75, 3.05) is 20.6 Å². The third-order valence-electron chi connectivity index (χ3n) is 4.82. The summed E-state index contributed by atoms with van der Waals surface area (Å²) in [5.74, 6) is 0.859. The highest BCUT2D eigenvalue weighted by molar-refractivity contribution is 6.30. The first-order valence-corrected chi connectivity index (χ1v) is 8.58. The predicted molar refractivity (Wildman–Crippen MR) is 96.3 cm³/mol. The van der Waals surface area contributed by atoms with Gasteiger partial charge in [0, 0.05) is 37.1 Å². The third kappa shape index (κ3) is 3.56. The van der Waals surface area contributed by atoms with Crippen LogP contribution in [0.2, 0.25) is 5.02 Å². The molecule has 24 heavy (non-hydrogen) atoms. The van der Waals surface area contributed by atoms with Gasteiger partial charge < -0.3 is 14.7 Å². The molecule has 0 aliphatic heterocycles. The van der Waals surface area contributed by atoms with E-state index in [0.29, 0.717) is 6.54 Å². The van der Waals surface area contributed by atoms with E-state index in [0.717, 1.165) is 23.2 Å². The fourth-order valence-electron chi connectivity index (χ4n) is 3.24. The molecule has 1 aliphatic carbocycles. The van der Waals surface area contributed by atoms with E-state index in [1.807, 2.05) is 30.1 Å². The van der Waals surface area contributed by atoms with Crippen LogP contribution in [-0.4, -0.2) is 36.7 Å². The largest absolute Gasteiger partial charge is 0.364 e. The first-order chi connectivity index (χ1) is 11.6. The molecule has 1 N–H and O–H groups in total. The van der Waals surface area contributed by atoms with E-state index in [1.54, 1.807) is 13.3 Å². The molecule has 5 nitrogen and oxygen atoms in total. The molecule has 1 aromatic carbocycles. The van der Waals surface area contributed by atoms with Crippen LogP contribution < -0.4 is 5.32 Å². The summed E-state index contributed by atoms with van der Waals surface area (Å²) in [5.41, 5.74) is 2.41. The summed E-state index contributed by atoms with van der Waals surface area (Å²) in [6.45, 7) is 1.52. The number of benzene rings is 1. The Labute approximate surface area is 147 Å². The third-order valence-corrected chi connectivity index (χ3v) is 5.07. The van der Waals surface area contributed by atoms with Gasteiger partial charge in [0.1, 0.15) is 12.0 Å². The van der Waals surface area contributed by atoms with Crippen molar-refractivity contribution in [3.8, 4) is 0 Å². The lowest BCUT2D eigenvalue weighted by Gasteiger charge is -2.43. The second-order valence-electron chi connectivity index (χ2n) is 6.39. The number of nitrogens with one attached hydrogen (secondary N) is 1. The van der Waals surface area contributed by atoms with E-state index in [1.165, 1.54) is 24.8 Å². The highest BCUT2D eigenvalue weighted by Crippen LogP contribution is 2.43. The molecule has 1 heterocycles. The van der Waals surface area contributed by atoms with E-state index in [2.05, 4.69) is 27.6 Å². The monoisotopic (exact) mass is 346 g/mol. The summed E-state index contributed by atoms with van der Waals surface area (Å²) < 4.78 is 4.89. The van der Waals surface area contributed by atoms with Crippen molar-refractivity contribution in [3.05, 3.63) is 52.9 Å². The maximum atomic E-state index is 6.03. The fourth-order valence-corrected chi connectivity index (χ4v) is 3.37. The molecule has 2 aromatic rings. The lowest BCUT2D eigenvalue weighted by molar-refractivity contribution is 0.241. The molecule has 0 atom stereocenters. The molecule has 0 amide bonds. The molecule has 1 fully saturated rings. The lowest BCUT2D eigenvalue weighted by Crippen LogP contribution is -2.49. The van der Waals surface area contributed by atoms with Crippen LogP contribution in [-0.2, 0) is 12.0 Å². The molecule has 0 bridgehead atoms. The number of aromatic nitrogens is 1. The molecule has 1 saturated carbocycles. The Bertz CT molecular complexity index is 678. The summed E-state index contributed by atoms with van der Waals surface area (Å²) in [5, 5.41) is 8.26. The minimum absolute atomic E-state index is 0.176. The van der Waals surface area contributed by atoms with Gasteiger partial charge in [-0.2, -0.15) is 0 Å². The highest BCUT2D eigenvalue weighted by atomic mass is 35.5. The van der Waals surface area contributed by atoms with Gasteiger partial charge in [-0.15, -0.1) is 0 Å². The molecule has 1 aromatic heterocycles. The number of rotatable bonds is 5. The summed E-state index contributed by atoms with van der Waals surface area (Å²) in [6, 6.07) is 10.1. The quantitative estimate of drug-likeness (QED) is 0.665. The molecule has 0 saturated heterocycles. The van der Waals surface area contributed by atoms with Crippen molar-refractivity contribution < 1.29 is 4.52 Å². The van der Waals surface area contributed by atoms with Gasteiger partial charge in [0.2, 0.25) is 0 Å². The van der Waals surface area contributed by atoms with Gasteiger partial charge in [-0.25, -0.2) is 0 Å². The molecule has 6 heteroatoms. The molecule has 0 spiro atoms. The number of aliphatic imine (C=N–C) groups is 1. The zero-order valence-electron chi connectivity index (χ0n) is 14.1. The van der Waals surface area contributed by atoms with Crippen molar-refractivity contribution in [2.45, 2.75) is 31.2 Å². The Morgan fingerprint density at radius 1 is 1.33 bits per heavy atom. The number of hydrogen-bond acceptors (Lipinski definition) is 3. The minimum Gasteiger partial charge on any atom is -0.364 e. The zero-order chi connectivity index (χ0) is 17.0. The molecule has 1 aliphatic rings. The Morgan fingerprint density at radius 2 is 2.08 bits per heavy atom. The van der Waals surface area contributed by atoms with Crippen LogP contribution in [0.5, 0.6) is 0 Å². The fraction of sp³-hybridized carbons (Fsp3) is 0.444. The van der Waals surface area contributed by atoms with E-state index in [9.17, 15) is 0 Å². The second-order valence-corrected chi connectivity index (χ2v) is 6.82. The molecule has 128 valence electrons. The van der Waals surface area contributed by atoms with Crippen LogP contribution in [0.25, 0.3) is 0 Å². The summed E-state index contributed by atoms with van der Waals surface area (Å²) >= 11 is 6.03. The Morgan fingerprint density at radius 3 is 2.62 bits per heavy atom. The summed E-state index contributed by atoms with van der Waals surface area (Å²) in [4.78, 5) is 6.44. The number of nitrogens with zero attached hydrogens (tertiary/aromatic N) is 3. The van der Waals surface area contributed by atoms with Crippen LogP contribution in [0.4, 0.5) is 0 Å². The van der Waals surface area contributed by atoms with Crippen molar-refractivity contribution in [3.63, 3.8) is 0 Å². The van der Waals surface area contributed by atoms with Crippen LogP contribution >= 0.6 is 11.6 Å². The van der Waals surface area contributed by atoms with Gasteiger partial charge in [-0.3, -0.25) is 4.99 Å². The van der Waals surface area contributed by atoms with Gasteiger partial charge >= 0.3 is 0 Å². The maximum absolute atomic E-state index is 6.03. The van der Waals surface area contributed by atoms with E-state index in [-0.39, 0.29) is 5.41 Å². The summed E-state index contributed by atoms with van der Waals surface area (Å²) in [7, 11) is 3.80. The number of guanidine groups is 1. The van der Waals surface area contributed by atoms with Crippen molar-refractivity contribution in [1.82, 2.24) is 15.4 Å². The van der Waals surface area contributed by atoms with Crippen LogP contribution in [0, 0.1) is 0 Å². The van der Waals surface area contributed by atoms with Gasteiger partial charge in [0.05, 0.1) is 6.54 Å². The predicted octanol–water partition coefficient (Wildman–Crippen LogP) is 3.46. The molecule has 0 radical (unpaired) electrons. The molecular weight excluding hydrogens is 324 g/mol. The van der Waals surface area contributed by atoms with Gasteiger partial charge in [0.25, 0.3) is 0 Å². The van der Waals surface area contributed by atoms with Crippen LogP contribution in [0.15, 0.2) is 46.1 Å². The van der Waals surface area contributed by atoms with Crippen molar-refractivity contribution in [1.29, 1.82) is 0 Å². The van der Waals surface area contributed by atoms with E-state index in [4.69, 9.17) is 16.1 Å². The van der Waals surface area contributed by atoms with Gasteiger partial charge in [-0.05, 0) is 30.5 Å². The van der Waals surface area contributed by atoms with Gasteiger partial charge in [-0.1, -0.05) is 35.3 Å². The van der Waals surface area contributed by atoms with E-state index < -0.39 is 0 Å². The first-order valence-electron chi connectivity index (χ1n) is 8.20. The smallest absolute Gasteiger partial charge is 0.193 e. The highest BCUT2D eigenvalue weighted by Gasteiger charge is 2.38. The van der Waals surface area contributed by atoms with Gasteiger partial charge in [0.15, 0.2) is 5.96 Å². The minimum atomic E-state index is 0.176. The van der Waals surface area contributed by atoms with Crippen LogP contribution in [0.1, 0.15) is 30.5 Å². The van der Waals surface area contributed by atoms with Crippen molar-refractivity contribution in [2.24, 2.45) is 4.99 Å². The Hall–Kier alpha value is -2.01. The second kappa shape index (κ2) is 7.26. The average Bonchev–Trinajstić information content (AvgIpc) is 3.04. The van der Waals surface area contributed by atoms with E-state index >= 15 is 0 Å². The lowest BCUT2D eigenvalue weighted by atomic mass is 9.64. The number of hydrogen-bond donors (Lipinski definition) is 1. The number of halogens is 1.